The molecule has 0 radical (unpaired) electrons. The number of carboxylic acid groups (broad SMARTS) is 1. The maximum Gasteiger partial charge on any atom is 0.305 e. The Morgan fingerprint density at radius 1 is 1.26 bits per heavy atom. The first-order chi connectivity index (χ1) is 8.93. The van der Waals surface area contributed by atoms with E-state index in [0.717, 1.165) is 0 Å². The number of nitrogens with one attached hydrogen (secondary N) is 1. The van der Waals surface area contributed by atoms with Crippen LogP contribution in [-0.4, -0.2) is 78.5 Å². The van der Waals surface area contributed by atoms with E-state index in [9.17, 15) is 14.4 Å². The smallest absolute Gasteiger partial charge is 0.305 e. The maximum absolute atomic E-state index is 11.9. The zero-order valence-corrected chi connectivity index (χ0v) is 11.0. The van der Waals surface area contributed by atoms with Gasteiger partial charge in [-0.2, -0.15) is 0 Å². The van der Waals surface area contributed by atoms with Crippen molar-refractivity contribution in [1.29, 1.82) is 0 Å². The molecule has 2 amide bonds. The minimum Gasteiger partial charge on any atom is -0.481 e. The molecule has 0 aromatic heterocycles. The number of carboxylic acids is 1. The lowest BCUT2D eigenvalue weighted by atomic mass is 10.1. The second-order valence-corrected chi connectivity index (χ2v) is 4.48. The van der Waals surface area contributed by atoms with Gasteiger partial charge in [0.2, 0.25) is 11.8 Å². The van der Waals surface area contributed by atoms with Crippen LogP contribution >= 0.6 is 0 Å². The van der Waals surface area contributed by atoms with E-state index < -0.39 is 12.0 Å². The molecule has 1 fully saturated rings. The summed E-state index contributed by atoms with van der Waals surface area (Å²) in [6.45, 7) is 2.39. The van der Waals surface area contributed by atoms with Gasteiger partial charge in [0, 0.05) is 33.2 Å². The van der Waals surface area contributed by atoms with Crippen molar-refractivity contribution in [2.45, 2.75) is 12.5 Å². The van der Waals surface area contributed by atoms with Crippen LogP contribution in [0.5, 0.6) is 0 Å². The Bertz CT molecular complexity index is 353. The number of likely N-dealkylation sites (N-methyl/N-ethyl adjacent to an activating group) is 1. The molecule has 0 saturated carbocycles. The van der Waals surface area contributed by atoms with Gasteiger partial charge in [-0.05, 0) is 0 Å². The Morgan fingerprint density at radius 3 is 2.32 bits per heavy atom. The first-order valence-corrected chi connectivity index (χ1v) is 6.13. The van der Waals surface area contributed by atoms with Crippen molar-refractivity contribution in [3.8, 4) is 0 Å². The Morgan fingerprint density at radius 2 is 1.84 bits per heavy atom. The largest absolute Gasteiger partial charge is 0.481 e. The van der Waals surface area contributed by atoms with E-state index in [-0.39, 0.29) is 18.2 Å². The Labute approximate surface area is 111 Å². The van der Waals surface area contributed by atoms with Gasteiger partial charge in [-0.25, -0.2) is 0 Å². The molecule has 0 bridgehead atoms. The molecule has 108 valence electrons. The fourth-order valence-electron chi connectivity index (χ4n) is 1.92. The second kappa shape index (κ2) is 7.05. The van der Waals surface area contributed by atoms with E-state index in [1.807, 2.05) is 4.90 Å². The van der Waals surface area contributed by atoms with Gasteiger partial charge in [0.05, 0.1) is 19.0 Å². The summed E-state index contributed by atoms with van der Waals surface area (Å²) in [5.41, 5.74) is 5.54. The summed E-state index contributed by atoms with van der Waals surface area (Å²) in [5, 5.41) is 11.1. The number of amides is 2. The van der Waals surface area contributed by atoms with Crippen LogP contribution in [-0.2, 0) is 14.4 Å². The molecule has 1 atom stereocenters. The Kier molecular flexibility index (Phi) is 5.71. The van der Waals surface area contributed by atoms with Crippen molar-refractivity contribution in [3.63, 3.8) is 0 Å². The van der Waals surface area contributed by atoms with Gasteiger partial charge in [-0.15, -0.1) is 0 Å². The lowest BCUT2D eigenvalue weighted by Gasteiger charge is -2.35. The number of aliphatic carboxylic acids is 1. The summed E-state index contributed by atoms with van der Waals surface area (Å²) < 4.78 is 0. The van der Waals surface area contributed by atoms with Crippen LogP contribution in [0, 0.1) is 0 Å². The van der Waals surface area contributed by atoms with E-state index in [2.05, 4.69) is 5.32 Å². The molecule has 1 saturated heterocycles. The van der Waals surface area contributed by atoms with Crippen LogP contribution in [0.2, 0.25) is 0 Å². The number of nitrogens with zero attached hydrogens (tertiary/aromatic N) is 2. The fourth-order valence-corrected chi connectivity index (χ4v) is 1.92. The zero-order valence-electron chi connectivity index (χ0n) is 11.0. The zero-order chi connectivity index (χ0) is 14.4. The molecule has 0 aromatic rings. The van der Waals surface area contributed by atoms with Gasteiger partial charge >= 0.3 is 5.97 Å². The van der Waals surface area contributed by atoms with Crippen molar-refractivity contribution >= 4 is 17.8 Å². The standard InChI is InChI=1S/C11H20N4O4/c1-13-9(16)7-14-2-4-15(5-3-14)11(19)8(12)6-10(17)18/h8H,2-7,12H2,1H3,(H,13,16)(H,17,18). The van der Waals surface area contributed by atoms with Gasteiger partial charge in [0.1, 0.15) is 0 Å². The Hall–Kier alpha value is -1.67. The van der Waals surface area contributed by atoms with Crippen molar-refractivity contribution in [2.75, 3.05) is 39.8 Å². The number of hydrogen-bond donors (Lipinski definition) is 3. The highest BCUT2D eigenvalue weighted by molar-refractivity contribution is 5.86. The lowest BCUT2D eigenvalue weighted by molar-refractivity contribution is -0.142. The van der Waals surface area contributed by atoms with Crippen LogP contribution < -0.4 is 11.1 Å². The average molecular weight is 272 g/mol. The molecule has 8 nitrogen and oxygen atoms in total. The molecule has 1 unspecified atom stereocenters. The molecule has 0 spiro atoms. The number of carbonyl (C=O) groups excluding carboxylic acids is 2. The molecule has 1 aliphatic heterocycles. The summed E-state index contributed by atoms with van der Waals surface area (Å²) in [5.74, 6) is -1.50. The van der Waals surface area contributed by atoms with Gasteiger partial charge in [-0.1, -0.05) is 0 Å². The molecule has 8 heteroatoms. The van der Waals surface area contributed by atoms with Crippen LogP contribution in [0.3, 0.4) is 0 Å². The van der Waals surface area contributed by atoms with Crippen LogP contribution in [0.1, 0.15) is 6.42 Å². The van der Waals surface area contributed by atoms with E-state index in [4.69, 9.17) is 10.8 Å². The molecule has 19 heavy (non-hydrogen) atoms. The van der Waals surface area contributed by atoms with E-state index in [0.29, 0.717) is 32.7 Å². The number of piperazine rings is 1. The van der Waals surface area contributed by atoms with E-state index >= 15 is 0 Å². The van der Waals surface area contributed by atoms with Gasteiger partial charge in [0.25, 0.3) is 0 Å². The average Bonchev–Trinajstić information content (AvgIpc) is 2.37. The monoisotopic (exact) mass is 272 g/mol. The number of carbonyl (C=O) groups is 3. The molecule has 0 aliphatic carbocycles. The topological polar surface area (TPSA) is 116 Å². The van der Waals surface area contributed by atoms with Gasteiger partial charge in [-0.3, -0.25) is 19.3 Å². The maximum atomic E-state index is 11.9. The minimum atomic E-state index is -1.08. The van der Waals surface area contributed by atoms with Crippen molar-refractivity contribution < 1.29 is 19.5 Å². The first kappa shape index (κ1) is 15.4. The summed E-state index contributed by atoms with van der Waals surface area (Å²) in [4.78, 5) is 37.1. The van der Waals surface area contributed by atoms with Crippen LogP contribution in [0.25, 0.3) is 0 Å². The molecule has 1 aliphatic rings. The second-order valence-electron chi connectivity index (χ2n) is 4.48. The van der Waals surface area contributed by atoms with E-state index in [1.165, 1.54) is 0 Å². The predicted molar refractivity (Wildman–Crippen MR) is 67.3 cm³/mol. The highest BCUT2D eigenvalue weighted by Crippen LogP contribution is 2.04. The summed E-state index contributed by atoms with van der Waals surface area (Å²) in [6, 6.07) is -0.997. The highest BCUT2D eigenvalue weighted by Gasteiger charge is 2.26. The van der Waals surface area contributed by atoms with Gasteiger partial charge < -0.3 is 21.1 Å². The quantitative estimate of drug-likeness (QED) is 0.517. The van der Waals surface area contributed by atoms with Crippen molar-refractivity contribution in [1.82, 2.24) is 15.1 Å². The highest BCUT2D eigenvalue weighted by atomic mass is 16.4. The summed E-state index contributed by atoms with van der Waals surface area (Å²) >= 11 is 0. The van der Waals surface area contributed by atoms with Crippen LogP contribution in [0.4, 0.5) is 0 Å². The lowest BCUT2D eigenvalue weighted by Crippen LogP contribution is -2.54. The Balaban J connectivity index is 2.38. The number of nitrogens with two attached hydrogens (primary N) is 1. The molecule has 4 N–H and O–H groups in total. The molecular formula is C11H20N4O4. The van der Waals surface area contributed by atoms with Crippen molar-refractivity contribution in [3.05, 3.63) is 0 Å². The molecule has 1 rings (SSSR count). The summed E-state index contributed by atoms with van der Waals surface area (Å²) in [6.07, 6.45) is -0.364. The normalized spacial score (nSPS) is 17.9. The van der Waals surface area contributed by atoms with Crippen molar-refractivity contribution in [2.24, 2.45) is 5.73 Å². The third-order valence-electron chi connectivity index (χ3n) is 3.04. The van der Waals surface area contributed by atoms with Gasteiger partial charge in [0.15, 0.2) is 0 Å². The SMILES string of the molecule is CNC(=O)CN1CCN(C(=O)C(N)CC(=O)O)CC1. The minimum absolute atomic E-state index is 0.0673. The summed E-state index contributed by atoms with van der Waals surface area (Å²) in [7, 11) is 1.58. The number of hydrogen-bond acceptors (Lipinski definition) is 5. The third kappa shape index (κ3) is 4.84. The predicted octanol–water partition coefficient (Wildman–Crippen LogP) is -2.32. The molecule has 1 heterocycles. The number of rotatable bonds is 5. The van der Waals surface area contributed by atoms with Crippen LogP contribution in [0.15, 0.2) is 0 Å². The molecule has 0 aromatic carbocycles. The molecular weight excluding hydrogens is 252 g/mol. The third-order valence-corrected chi connectivity index (χ3v) is 3.04. The van der Waals surface area contributed by atoms with E-state index in [1.54, 1.807) is 11.9 Å². The first-order valence-electron chi connectivity index (χ1n) is 6.13. The fraction of sp³-hybridized carbons (Fsp3) is 0.727.